The summed E-state index contributed by atoms with van der Waals surface area (Å²) in [6.45, 7) is 4.13. The van der Waals surface area contributed by atoms with Crippen molar-refractivity contribution < 1.29 is 14.3 Å². The average molecular weight is 447 g/mol. The first-order valence-corrected chi connectivity index (χ1v) is 11.3. The van der Waals surface area contributed by atoms with Crippen molar-refractivity contribution in [3.63, 3.8) is 0 Å². The Morgan fingerprint density at radius 3 is 2.45 bits per heavy atom. The van der Waals surface area contributed by atoms with Crippen LogP contribution in [0.4, 0.5) is 4.79 Å². The van der Waals surface area contributed by atoms with Crippen LogP contribution in [0.5, 0.6) is 17.4 Å². The lowest BCUT2D eigenvalue weighted by Crippen LogP contribution is -2.35. The fraction of sp³-hybridized carbons (Fsp3) is 0.308. The standard InChI is InChI=1S/C26H30N4O3/c1-32-23-9-6-10-24(15-23)33-25-12-11-20(16-27-25)17-28-26(31)29-18-21-7-2-3-8-22(21)19-30-13-4-5-14-30/h2-3,6-12,15-16H,4-5,13-14,17-19H2,1H3,(H2,28,29,31). The number of urea groups is 1. The number of carbonyl (C=O) groups excluding carboxylic acids is 1. The molecule has 33 heavy (non-hydrogen) atoms. The van der Waals surface area contributed by atoms with E-state index in [-0.39, 0.29) is 6.03 Å². The number of carbonyl (C=O) groups is 1. The fourth-order valence-electron chi connectivity index (χ4n) is 3.85. The summed E-state index contributed by atoms with van der Waals surface area (Å²) in [5, 5.41) is 5.85. The minimum Gasteiger partial charge on any atom is -0.497 e. The van der Waals surface area contributed by atoms with Gasteiger partial charge in [-0.3, -0.25) is 4.90 Å². The van der Waals surface area contributed by atoms with E-state index >= 15 is 0 Å². The second kappa shape index (κ2) is 11.3. The predicted molar refractivity (Wildman–Crippen MR) is 127 cm³/mol. The Morgan fingerprint density at radius 2 is 1.70 bits per heavy atom. The number of pyridine rings is 1. The number of nitrogens with one attached hydrogen (secondary N) is 2. The minimum absolute atomic E-state index is 0.206. The number of benzene rings is 2. The van der Waals surface area contributed by atoms with Crippen LogP contribution in [-0.2, 0) is 19.6 Å². The van der Waals surface area contributed by atoms with Crippen molar-refractivity contribution in [2.75, 3.05) is 20.2 Å². The van der Waals surface area contributed by atoms with Crippen molar-refractivity contribution in [2.24, 2.45) is 0 Å². The fourth-order valence-corrected chi connectivity index (χ4v) is 3.85. The zero-order chi connectivity index (χ0) is 22.9. The van der Waals surface area contributed by atoms with Gasteiger partial charge in [-0.1, -0.05) is 36.4 Å². The molecule has 7 nitrogen and oxygen atoms in total. The molecule has 1 saturated heterocycles. The zero-order valence-corrected chi connectivity index (χ0v) is 18.9. The van der Waals surface area contributed by atoms with Crippen molar-refractivity contribution in [1.29, 1.82) is 0 Å². The van der Waals surface area contributed by atoms with Gasteiger partial charge in [0, 0.05) is 38.0 Å². The van der Waals surface area contributed by atoms with Gasteiger partial charge in [0.1, 0.15) is 11.5 Å². The summed E-state index contributed by atoms with van der Waals surface area (Å²) in [5.74, 6) is 1.85. The molecule has 2 amide bonds. The lowest BCUT2D eigenvalue weighted by Gasteiger charge is -2.18. The van der Waals surface area contributed by atoms with E-state index in [0.29, 0.717) is 24.7 Å². The van der Waals surface area contributed by atoms with Crippen LogP contribution in [0.2, 0.25) is 0 Å². The highest BCUT2D eigenvalue weighted by Crippen LogP contribution is 2.23. The van der Waals surface area contributed by atoms with Crippen molar-refractivity contribution >= 4 is 6.03 Å². The van der Waals surface area contributed by atoms with Crippen LogP contribution in [-0.4, -0.2) is 36.1 Å². The maximum absolute atomic E-state index is 12.3. The molecule has 0 spiro atoms. The number of aromatic nitrogens is 1. The molecule has 2 aromatic carbocycles. The number of ether oxygens (including phenoxy) is 2. The Kier molecular flexibility index (Phi) is 7.76. The third kappa shape index (κ3) is 6.70. The summed E-state index contributed by atoms with van der Waals surface area (Å²) in [6.07, 6.45) is 4.23. The highest BCUT2D eigenvalue weighted by molar-refractivity contribution is 5.73. The Bertz CT molecular complexity index is 1050. The Morgan fingerprint density at radius 1 is 0.939 bits per heavy atom. The molecule has 4 rings (SSSR count). The Balaban J connectivity index is 1.24. The molecule has 2 heterocycles. The number of likely N-dealkylation sites (tertiary alicyclic amines) is 1. The molecular formula is C26H30N4O3. The topological polar surface area (TPSA) is 75.7 Å². The van der Waals surface area contributed by atoms with Crippen LogP contribution in [0.15, 0.2) is 66.9 Å². The quantitative estimate of drug-likeness (QED) is 0.507. The number of methoxy groups -OCH3 is 1. The smallest absolute Gasteiger partial charge is 0.315 e. The lowest BCUT2D eigenvalue weighted by molar-refractivity contribution is 0.240. The van der Waals surface area contributed by atoms with E-state index in [1.165, 1.54) is 18.4 Å². The molecule has 1 fully saturated rings. The summed E-state index contributed by atoms with van der Waals surface area (Å²) < 4.78 is 11.0. The molecular weight excluding hydrogens is 416 g/mol. The monoisotopic (exact) mass is 446 g/mol. The molecule has 1 aromatic heterocycles. The third-order valence-electron chi connectivity index (χ3n) is 5.66. The molecule has 0 bridgehead atoms. The predicted octanol–water partition coefficient (Wildman–Crippen LogP) is 4.48. The van der Waals surface area contributed by atoms with Crippen LogP contribution in [0, 0.1) is 0 Å². The average Bonchev–Trinajstić information content (AvgIpc) is 3.36. The zero-order valence-electron chi connectivity index (χ0n) is 18.9. The molecule has 2 N–H and O–H groups in total. The van der Waals surface area contributed by atoms with Crippen molar-refractivity contribution in [1.82, 2.24) is 20.5 Å². The summed E-state index contributed by atoms with van der Waals surface area (Å²) in [7, 11) is 1.61. The summed E-state index contributed by atoms with van der Waals surface area (Å²) >= 11 is 0. The van der Waals surface area contributed by atoms with E-state index in [1.54, 1.807) is 25.4 Å². The number of amides is 2. The molecule has 1 aliphatic heterocycles. The Hall–Kier alpha value is -3.58. The van der Waals surface area contributed by atoms with Crippen LogP contribution >= 0.6 is 0 Å². The first-order chi connectivity index (χ1) is 16.2. The maximum atomic E-state index is 12.3. The second-order valence-corrected chi connectivity index (χ2v) is 8.07. The van der Waals surface area contributed by atoms with Gasteiger partial charge in [0.15, 0.2) is 0 Å². The molecule has 0 unspecified atom stereocenters. The van der Waals surface area contributed by atoms with Gasteiger partial charge in [-0.15, -0.1) is 0 Å². The van der Waals surface area contributed by atoms with E-state index in [2.05, 4.69) is 38.7 Å². The van der Waals surface area contributed by atoms with Crippen LogP contribution in [0.25, 0.3) is 0 Å². The lowest BCUT2D eigenvalue weighted by atomic mass is 10.1. The van der Waals surface area contributed by atoms with Gasteiger partial charge in [-0.2, -0.15) is 0 Å². The normalized spacial score (nSPS) is 13.5. The first kappa shape index (κ1) is 22.6. The van der Waals surface area contributed by atoms with Gasteiger partial charge in [-0.25, -0.2) is 9.78 Å². The summed E-state index contributed by atoms with van der Waals surface area (Å²) in [6, 6.07) is 19.1. The number of nitrogens with zero attached hydrogens (tertiary/aromatic N) is 2. The van der Waals surface area contributed by atoms with E-state index in [0.717, 1.165) is 36.5 Å². The van der Waals surface area contributed by atoms with E-state index in [1.807, 2.05) is 30.3 Å². The van der Waals surface area contributed by atoms with Crippen molar-refractivity contribution in [3.05, 3.63) is 83.6 Å². The van der Waals surface area contributed by atoms with Gasteiger partial charge >= 0.3 is 6.03 Å². The molecule has 3 aromatic rings. The van der Waals surface area contributed by atoms with Crippen LogP contribution in [0.1, 0.15) is 29.5 Å². The minimum atomic E-state index is -0.206. The first-order valence-electron chi connectivity index (χ1n) is 11.3. The van der Waals surface area contributed by atoms with Gasteiger partial charge < -0.3 is 20.1 Å². The summed E-state index contributed by atoms with van der Waals surface area (Å²) in [4.78, 5) is 19.1. The van der Waals surface area contributed by atoms with E-state index < -0.39 is 0 Å². The van der Waals surface area contributed by atoms with E-state index in [9.17, 15) is 4.79 Å². The number of hydrogen-bond acceptors (Lipinski definition) is 5. The van der Waals surface area contributed by atoms with Crippen molar-refractivity contribution in [2.45, 2.75) is 32.5 Å². The number of hydrogen-bond donors (Lipinski definition) is 2. The van der Waals surface area contributed by atoms with E-state index in [4.69, 9.17) is 9.47 Å². The molecule has 1 aliphatic rings. The van der Waals surface area contributed by atoms with Crippen LogP contribution in [0.3, 0.4) is 0 Å². The highest BCUT2D eigenvalue weighted by atomic mass is 16.5. The van der Waals surface area contributed by atoms with Gasteiger partial charge in [0.05, 0.1) is 7.11 Å². The molecule has 0 saturated carbocycles. The molecule has 0 aliphatic carbocycles. The highest BCUT2D eigenvalue weighted by Gasteiger charge is 2.13. The van der Waals surface area contributed by atoms with Crippen LogP contribution < -0.4 is 20.1 Å². The number of rotatable bonds is 9. The third-order valence-corrected chi connectivity index (χ3v) is 5.66. The molecule has 0 radical (unpaired) electrons. The van der Waals surface area contributed by atoms with Gasteiger partial charge in [0.2, 0.25) is 5.88 Å². The molecule has 0 atom stereocenters. The van der Waals surface area contributed by atoms with Crippen molar-refractivity contribution in [3.8, 4) is 17.4 Å². The Labute approximate surface area is 194 Å². The van der Waals surface area contributed by atoms with Gasteiger partial charge in [0.25, 0.3) is 0 Å². The second-order valence-electron chi connectivity index (χ2n) is 8.07. The SMILES string of the molecule is COc1cccc(Oc2ccc(CNC(=O)NCc3ccccc3CN3CCCC3)cn2)c1. The maximum Gasteiger partial charge on any atom is 0.315 e. The largest absolute Gasteiger partial charge is 0.497 e. The van der Waals surface area contributed by atoms with Gasteiger partial charge in [-0.05, 0) is 54.8 Å². The summed E-state index contributed by atoms with van der Waals surface area (Å²) in [5.41, 5.74) is 3.31. The molecule has 7 heteroatoms. The molecule has 172 valence electrons.